The molecule has 0 radical (unpaired) electrons. The number of rotatable bonds is 6. The SMILES string of the molecule is COC(C)(C)CNCc1csc(C(=O)O)n1. The number of ether oxygens (including phenoxy) is 1. The van der Waals surface area contributed by atoms with E-state index in [9.17, 15) is 4.79 Å². The normalized spacial score (nSPS) is 11.7. The van der Waals surface area contributed by atoms with Crippen LogP contribution < -0.4 is 5.32 Å². The first-order chi connectivity index (χ1) is 7.44. The zero-order valence-corrected chi connectivity index (χ0v) is 10.4. The summed E-state index contributed by atoms with van der Waals surface area (Å²) < 4.78 is 5.24. The summed E-state index contributed by atoms with van der Waals surface area (Å²) in [7, 11) is 1.66. The maximum Gasteiger partial charge on any atom is 0.365 e. The number of carboxylic acid groups (broad SMARTS) is 1. The molecule has 1 aromatic rings. The van der Waals surface area contributed by atoms with Gasteiger partial charge >= 0.3 is 5.97 Å². The number of nitrogens with one attached hydrogen (secondary N) is 1. The highest BCUT2D eigenvalue weighted by Crippen LogP contribution is 2.10. The molecule has 0 unspecified atom stereocenters. The number of nitrogens with zero attached hydrogens (tertiary/aromatic N) is 1. The average Bonchev–Trinajstić information content (AvgIpc) is 2.66. The van der Waals surface area contributed by atoms with Crippen molar-refractivity contribution in [1.29, 1.82) is 0 Å². The maximum absolute atomic E-state index is 10.6. The lowest BCUT2D eigenvalue weighted by Crippen LogP contribution is -2.36. The van der Waals surface area contributed by atoms with Gasteiger partial charge in [0.2, 0.25) is 5.01 Å². The van der Waals surface area contributed by atoms with E-state index in [1.807, 2.05) is 13.8 Å². The van der Waals surface area contributed by atoms with E-state index in [2.05, 4.69) is 10.3 Å². The van der Waals surface area contributed by atoms with E-state index in [0.29, 0.717) is 13.1 Å². The summed E-state index contributed by atoms with van der Waals surface area (Å²) >= 11 is 1.14. The van der Waals surface area contributed by atoms with Crippen LogP contribution in [-0.4, -0.2) is 35.3 Å². The first-order valence-corrected chi connectivity index (χ1v) is 5.76. The Morgan fingerprint density at radius 3 is 2.88 bits per heavy atom. The fourth-order valence-electron chi connectivity index (χ4n) is 1.05. The second-order valence-electron chi connectivity index (χ2n) is 4.02. The highest BCUT2D eigenvalue weighted by Gasteiger charge is 2.15. The minimum absolute atomic E-state index is 0.128. The van der Waals surface area contributed by atoms with Crippen molar-refractivity contribution in [2.75, 3.05) is 13.7 Å². The van der Waals surface area contributed by atoms with E-state index >= 15 is 0 Å². The van der Waals surface area contributed by atoms with Gasteiger partial charge in [-0.15, -0.1) is 11.3 Å². The van der Waals surface area contributed by atoms with Crippen LogP contribution in [0.15, 0.2) is 5.38 Å². The molecule has 0 aliphatic rings. The third-order valence-electron chi connectivity index (χ3n) is 2.14. The molecule has 0 spiro atoms. The smallest absolute Gasteiger partial charge is 0.365 e. The molecule has 0 aromatic carbocycles. The zero-order valence-electron chi connectivity index (χ0n) is 9.61. The van der Waals surface area contributed by atoms with E-state index in [0.717, 1.165) is 17.0 Å². The Morgan fingerprint density at radius 2 is 2.38 bits per heavy atom. The molecular weight excluding hydrogens is 228 g/mol. The summed E-state index contributed by atoms with van der Waals surface area (Å²) in [6.45, 7) is 5.19. The lowest BCUT2D eigenvalue weighted by Gasteiger charge is -2.22. The van der Waals surface area contributed by atoms with Crippen molar-refractivity contribution >= 4 is 17.3 Å². The van der Waals surface area contributed by atoms with Crippen LogP contribution in [-0.2, 0) is 11.3 Å². The van der Waals surface area contributed by atoms with E-state index in [1.165, 1.54) is 0 Å². The average molecular weight is 244 g/mol. The van der Waals surface area contributed by atoms with Gasteiger partial charge in [-0.2, -0.15) is 0 Å². The molecule has 0 bridgehead atoms. The number of hydrogen-bond acceptors (Lipinski definition) is 5. The molecule has 6 heteroatoms. The van der Waals surface area contributed by atoms with Gasteiger partial charge in [-0.05, 0) is 13.8 Å². The van der Waals surface area contributed by atoms with E-state index < -0.39 is 5.97 Å². The van der Waals surface area contributed by atoms with Gasteiger partial charge in [0.05, 0.1) is 11.3 Å². The van der Waals surface area contributed by atoms with Gasteiger partial charge in [0.25, 0.3) is 0 Å². The van der Waals surface area contributed by atoms with E-state index in [4.69, 9.17) is 9.84 Å². The first-order valence-electron chi connectivity index (χ1n) is 4.88. The monoisotopic (exact) mass is 244 g/mol. The molecule has 0 atom stereocenters. The second-order valence-corrected chi connectivity index (χ2v) is 4.87. The van der Waals surface area contributed by atoms with Gasteiger partial charge in [-0.3, -0.25) is 0 Å². The fourth-order valence-corrected chi connectivity index (χ4v) is 1.70. The fraction of sp³-hybridized carbons (Fsp3) is 0.600. The summed E-state index contributed by atoms with van der Waals surface area (Å²) in [5, 5.41) is 13.7. The molecule has 0 fully saturated rings. The Hall–Kier alpha value is -0.980. The largest absolute Gasteiger partial charge is 0.476 e. The molecule has 0 saturated carbocycles. The van der Waals surface area contributed by atoms with E-state index in [-0.39, 0.29) is 10.6 Å². The van der Waals surface area contributed by atoms with Gasteiger partial charge in [0.1, 0.15) is 0 Å². The highest BCUT2D eigenvalue weighted by molar-refractivity contribution is 7.11. The summed E-state index contributed by atoms with van der Waals surface area (Å²) in [5.74, 6) is -0.978. The number of carbonyl (C=O) groups is 1. The number of hydrogen-bond donors (Lipinski definition) is 2. The number of thiazole rings is 1. The molecule has 0 amide bonds. The molecule has 0 aliphatic carbocycles. The quantitative estimate of drug-likeness (QED) is 0.790. The van der Waals surface area contributed by atoms with E-state index in [1.54, 1.807) is 12.5 Å². The zero-order chi connectivity index (χ0) is 12.2. The van der Waals surface area contributed by atoms with Crippen molar-refractivity contribution < 1.29 is 14.6 Å². The van der Waals surface area contributed by atoms with Crippen molar-refractivity contribution in [1.82, 2.24) is 10.3 Å². The number of carboxylic acids is 1. The molecule has 1 heterocycles. The summed E-state index contributed by atoms with van der Waals surface area (Å²) in [4.78, 5) is 14.6. The molecule has 0 saturated heterocycles. The van der Waals surface area contributed by atoms with Crippen LogP contribution in [0.3, 0.4) is 0 Å². The van der Waals surface area contributed by atoms with Crippen LogP contribution in [0, 0.1) is 0 Å². The maximum atomic E-state index is 10.6. The number of aromatic carboxylic acids is 1. The van der Waals surface area contributed by atoms with Gasteiger partial charge in [-0.1, -0.05) is 0 Å². The van der Waals surface area contributed by atoms with Crippen molar-refractivity contribution in [3.05, 3.63) is 16.1 Å². The molecule has 16 heavy (non-hydrogen) atoms. The Bertz CT molecular complexity index is 363. The molecule has 1 rings (SSSR count). The van der Waals surface area contributed by atoms with Gasteiger partial charge in [-0.25, -0.2) is 9.78 Å². The molecule has 5 nitrogen and oxygen atoms in total. The molecule has 90 valence electrons. The summed E-state index contributed by atoms with van der Waals surface area (Å²) in [5.41, 5.74) is 0.514. The topological polar surface area (TPSA) is 71.5 Å². The predicted molar refractivity (Wildman–Crippen MR) is 61.9 cm³/mol. The molecule has 0 aliphatic heterocycles. The second kappa shape index (κ2) is 5.38. The van der Waals surface area contributed by atoms with Gasteiger partial charge in [0.15, 0.2) is 0 Å². The lowest BCUT2D eigenvalue weighted by molar-refractivity contribution is 0.0230. The minimum atomic E-state index is -0.978. The third kappa shape index (κ3) is 3.88. The molecular formula is C10H16N2O3S. The van der Waals surface area contributed by atoms with Crippen LogP contribution in [0.2, 0.25) is 0 Å². The Balaban J connectivity index is 2.40. The van der Waals surface area contributed by atoms with Crippen LogP contribution in [0.5, 0.6) is 0 Å². The lowest BCUT2D eigenvalue weighted by atomic mass is 10.1. The Kier molecular flexibility index (Phi) is 4.40. The highest BCUT2D eigenvalue weighted by atomic mass is 32.1. The third-order valence-corrected chi connectivity index (χ3v) is 3.02. The summed E-state index contributed by atoms with van der Waals surface area (Å²) in [6.07, 6.45) is 0. The van der Waals surface area contributed by atoms with Crippen molar-refractivity contribution in [2.45, 2.75) is 26.0 Å². The number of aromatic nitrogens is 1. The van der Waals surface area contributed by atoms with Crippen LogP contribution in [0.4, 0.5) is 0 Å². The van der Waals surface area contributed by atoms with Crippen LogP contribution >= 0.6 is 11.3 Å². The first kappa shape index (κ1) is 13.1. The van der Waals surface area contributed by atoms with Crippen molar-refractivity contribution in [2.24, 2.45) is 0 Å². The van der Waals surface area contributed by atoms with Crippen LogP contribution in [0.1, 0.15) is 29.3 Å². The molecule has 1 aromatic heterocycles. The van der Waals surface area contributed by atoms with Gasteiger partial charge in [0, 0.05) is 25.6 Å². The standard InChI is InChI=1S/C10H16N2O3S/c1-10(2,15-3)6-11-4-7-5-16-8(12-7)9(13)14/h5,11H,4,6H2,1-3H3,(H,13,14). The van der Waals surface area contributed by atoms with Crippen LogP contribution in [0.25, 0.3) is 0 Å². The predicted octanol–water partition coefficient (Wildman–Crippen LogP) is 1.36. The van der Waals surface area contributed by atoms with Crippen molar-refractivity contribution in [3.8, 4) is 0 Å². The summed E-state index contributed by atoms with van der Waals surface area (Å²) in [6, 6.07) is 0. The molecule has 2 N–H and O–H groups in total. The Labute approximate surface area is 98.5 Å². The van der Waals surface area contributed by atoms with Gasteiger partial charge < -0.3 is 15.2 Å². The Morgan fingerprint density at radius 1 is 1.69 bits per heavy atom. The minimum Gasteiger partial charge on any atom is -0.476 e. The van der Waals surface area contributed by atoms with Crippen molar-refractivity contribution in [3.63, 3.8) is 0 Å². The number of methoxy groups -OCH3 is 1.